The van der Waals surface area contributed by atoms with E-state index in [1.54, 1.807) is 0 Å². The number of anilines is 1. The van der Waals surface area contributed by atoms with E-state index in [2.05, 4.69) is 15.4 Å². The molecule has 1 aliphatic carbocycles. The standard InChI is InChI=1S/C18H23F3N2O4/c1-26-17(25)14-5-3-2-4-6-15(14)22-11-16(24)23-12-7-9-13(10-8-12)27-18(19,20)21/h7-10,14-15,22H,2-6,11H2,1H3,(H,23,24)/t14-,15+/m1/s1. The van der Waals surface area contributed by atoms with Crippen molar-refractivity contribution in [3.63, 3.8) is 0 Å². The summed E-state index contributed by atoms with van der Waals surface area (Å²) in [6.45, 7) is -0.0149. The zero-order valence-corrected chi connectivity index (χ0v) is 15.0. The van der Waals surface area contributed by atoms with Crippen LogP contribution in [0.25, 0.3) is 0 Å². The molecule has 1 aromatic rings. The van der Waals surface area contributed by atoms with Gasteiger partial charge in [-0.25, -0.2) is 0 Å². The molecule has 9 heteroatoms. The number of rotatable bonds is 6. The number of alkyl halides is 3. The Hall–Kier alpha value is -2.29. The molecule has 6 nitrogen and oxygen atoms in total. The molecule has 1 amide bonds. The molecule has 1 aliphatic rings. The Balaban J connectivity index is 1.86. The van der Waals surface area contributed by atoms with Gasteiger partial charge in [-0.1, -0.05) is 19.3 Å². The normalized spacial score (nSPS) is 20.4. The van der Waals surface area contributed by atoms with E-state index in [9.17, 15) is 22.8 Å². The number of carbonyl (C=O) groups is 2. The topological polar surface area (TPSA) is 76.7 Å². The molecule has 1 saturated carbocycles. The number of ether oxygens (including phenoxy) is 2. The third-order valence-corrected chi connectivity index (χ3v) is 4.42. The second kappa shape index (κ2) is 9.59. The van der Waals surface area contributed by atoms with Crippen LogP contribution in [0.4, 0.5) is 18.9 Å². The fourth-order valence-electron chi connectivity index (χ4n) is 3.15. The van der Waals surface area contributed by atoms with Crippen molar-refractivity contribution in [1.82, 2.24) is 5.32 Å². The predicted octanol–water partition coefficient (Wildman–Crippen LogP) is 3.24. The summed E-state index contributed by atoms with van der Waals surface area (Å²) in [5.74, 6) is -1.29. The third-order valence-electron chi connectivity index (χ3n) is 4.42. The van der Waals surface area contributed by atoms with E-state index < -0.39 is 6.36 Å². The number of carbonyl (C=O) groups excluding carboxylic acids is 2. The Morgan fingerprint density at radius 2 is 1.78 bits per heavy atom. The highest BCUT2D eigenvalue weighted by Crippen LogP contribution is 2.25. The smallest absolute Gasteiger partial charge is 0.469 e. The van der Waals surface area contributed by atoms with Crippen LogP contribution in [-0.2, 0) is 14.3 Å². The van der Waals surface area contributed by atoms with E-state index in [0.29, 0.717) is 12.1 Å². The Bertz CT molecular complexity index is 634. The van der Waals surface area contributed by atoms with Gasteiger partial charge in [-0.3, -0.25) is 9.59 Å². The monoisotopic (exact) mass is 388 g/mol. The summed E-state index contributed by atoms with van der Waals surface area (Å²) < 4.78 is 45.0. The lowest BCUT2D eigenvalue weighted by atomic mass is 9.95. The highest BCUT2D eigenvalue weighted by molar-refractivity contribution is 5.92. The Labute approximate surface area is 155 Å². The molecule has 0 unspecified atom stereocenters. The lowest BCUT2D eigenvalue weighted by Gasteiger charge is -2.24. The molecule has 0 heterocycles. The van der Waals surface area contributed by atoms with E-state index in [1.165, 1.54) is 19.2 Å². The average Bonchev–Trinajstić information content (AvgIpc) is 2.85. The van der Waals surface area contributed by atoms with Gasteiger partial charge in [0.25, 0.3) is 0 Å². The molecule has 27 heavy (non-hydrogen) atoms. The lowest BCUT2D eigenvalue weighted by molar-refractivity contribution is -0.274. The maximum Gasteiger partial charge on any atom is 0.573 e. The molecule has 1 aromatic carbocycles. The summed E-state index contributed by atoms with van der Waals surface area (Å²) in [6.07, 6.45) is -0.332. The number of benzene rings is 1. The van der Waals surface area contributed by atoms with Crippen LogP contribution in [0.15, 0.2) is 24.3 Å². The summed E-state index contributed by atoms with van der Waals surface area (Å²) in [6, 6.07) is 4.74. The summed E-state index contributed by atoms with van der Waals surface area (Å²) in [5, 5.41) is 5.69. The number of hydrogen-bond donors (Lipinski definition) is 2. The molecule has 0 saturated heterocycles. The van der Waals surface area contributed by atoms with Crippen molar-refractivity contribution in [1.29, 1.82) is 0 Å². The van der Waals surface area contributed by atoms with Gasteiger partial charge in [0.1, 0.15) is 5.75 Å². The molecule has 0 aliphatic heterocycles. The fourth-order valence-corrected chi connectivity index (χ4v) is 3.15. The van der Waals surface area contributed by atoms with Crippen molar-refractivity contribution < 1.29 is 32.2 Å². The first-order valence-corrected chi connectivity index (χ1v) is 8.75. The fraction of sp³-hybridized carbons (Fsp3) is 0.556. The summed E-state index contributed by atoms with van der Waals surface area (Å²) in [5.41, 5.74) is 0.349. The van der Waals surface area contributed by atoms with E-state index in [4.69, 9.17) is 4.74 Å². The van der Waals surface area contributed by atoms with Gasteiger partial charge >= 0.3 is 12.3 Å². The molecule has 0 aromatic heterocycles. The van der Waals surface area contributed by atoms with Crippen LogP contribution in [0.3, 0.4) is 0 Å². The summed E-state index contributed by atoms with van der Waals surface area (Å²) in [7, 11) is 1.35. The van der Waals surface area contributed by atoms with Gasteiger partial charge in [0, 0.05) is 11.7 Å². The maximum absolute atomic E-state index is 12.1. The van der Waals surface area contributed by atoms with Gasteiger partial charge in [-0.2, -0.15) is 0 Å². The molecular formula is C18H23F3N2O4. The van der Waals surface area contributed by atoms with E-state index in [1.807, 2.05) is 0 Å². The zero-order chi connectivity index (χ0) is 19.9. The van der Waals surface area contributed by atoms with Gasteiger partial charge < -0.3 is 20.1 Å². The van der Waals surface area contributed by atoms with Crippen LogP contribution in [0.2, 0.25) is 0 Å². The summed E-state index contributed by atoms with van der Waals surface area (Å²) >= 11 is 0. The van der Waals surface area contributed by atoms with Crippen LogP contribution in [-0.4, -0.2) is 37.9 Å². The highest BCUT2D eigenvalue weighted by Gasteiger charge is 2.31. The highest BCUT2D eigenvalue weighted by atomic mass is 19.4. The second-order valence-electron chi connectivity index (χ2n) is 6.38. The van der Waals surface area contributed by atoms with Crippen LogP contribution in [0, 0.1) is 5.92 Å². The molecule has 0 radical (unpaired) electrons. The number of nitrogens with one attached hydrogen (secondary N) is 2. The molecule has 2 atom stereocenters. The van der Waals surface area contributed by atoms with E-state index in [0.717, 1.165) is 37.8 Å². The van der Waals surface area contributed by atoms with Gasteiger partial charge in [0.05, 0.1) is 19.6 Å². The van der Waals surface area contributed by atoms with Crippen molar-refractivity contribution in [2.75, 3.05) is 19.0 Å². The van der Waals surface area contributed by atoms with Crippen LogP contribution >= 0.6 is 0 Å². The Morgan fingerprint density at radius 1 is 1.11 bits per heavy atom. The Morgan fingerprint density at radius 3 is 2.41 bits per heavy atom. The van der Waals surface area contributed by atoms with E-state index >= 15 is 0 Å². The molecule has 2 rings (SSSR count). The summed E-state index contributed by atoms with van der Waals surface area (Å²) in [4.78, 5) is 24.0. The SMILES string of the molecule is COC(=O)[C@@H]1CCCCC[C@@H]1NCC(=O)Nc1ccc(OC(F)(F)F)cc1. The van der Waals surface area contributed by atoms with Crippen molar-refractivity contribution in [2.24, 2.45) is 5.92 Å². The number of amides is 1. The van der Waals surface area contributed by atoms with Gasteiger partial charge in [0.2, 0.25) is 5.91 Å². The first-order chi connectivity index (χ1) is 12.8. The predicted molar refractivity (Wildman–Crippen MR) is 92.1 cm³/mol. The van der Waals surface area contributed by atoms with Crippen molar-refractivity contribution in [3.05, 3.63) is 24.3 Å². The van der Waals surface area contributed by atoms with Crippen molar-refractivity contribution in [2.45, 2.75) is 44.5 Å². The first kappa shape index (κ1) is 21.0. The number of hydrogen-bond acceptors (Lipinski definition) is 5. The quantitative estimate of drug-likeness (QED) is 0.578. The largest absolute Gasteiger partial charge is 0.573 e. The number of esters is 1. The maximum atomic E-state index is 12.1. The lowest BCUT2D eigenvalue weighted by Crippen LogP contribution is -2.43. The molecule has 2 N–H and O–H groups in total. The number of methoxy groups -OCH3 is 1. The minimum atomic E-state index is -4.76. The second-order valence-corrected chi connectivity index (χ2v) is 6.38. The third kappa shape index (κ3) is 7.09. The van der Waals surface area contributed by atoms with Crippen molar-refractivity contribution in [3.8, 4) is 5.75 Å². The number of halogens is 3. The molecule has 0 bridgehead atoms. The zero-order valence-electron chi connectivity index (χ0n) is 15.0. The minimum absolute atomic E-state index is 0.0149. The first-order valence-electron chi connectivity index (χ1n) is 8.75. The van der Waals surface area contributed by atoms with Gasteiger partial charge in [-0.15, -0.1) is 13.2 Å². The van der Waals surface area contributed by atoms with Crippen LogP contribution in [0.1, 0.15) is 32.1 Å². The minimum Gasteiger partial charge on any atom is -0.469 e. The molecule has 0 spiro atoms. The Kier molecular flexibility index (Phi) is 7.46. The average molecular weight is 388 g/mol. The van der Waals surface area contributed by atoms with Crippen LogP contribution < -0.4 is 15.4 Å². The molecular weight excluding hydrogens is 365 g/mol. The molecule has 1 fully saturated rings. The van der Waals surface area contributed by atoms with Crippen LogP contribution in [0.5, 0.6) is 5.75 Å². The van der Waals surface area contributed by atoms with Crippen molar-refractivity contribution >= 4 is 17.6 Å². The van der Waals surface area contributed by atoms with E-state index in [-0.39, 0.29) is 36.1 Å². The van der Waals surface area contributed by atoms with Gasteiger partial charge in [-0.05, 0) is 37.1 Å². The molecule has 150 valence electrons. The van der Waals surface area contributed by atoms with Gasteiger partial charge in [0.15, 0.2) is 0 Å².